The van der Waals surface area contributed by atoms with Crippen molar-refractivity contribution < 1.29 is 0 Å². The van der Waals surface area contributed by atoms with E-state index in [2.05, 4.69) is 36.5 Å². The van der Waals surface area contributed by atoms with E-state index in [1.165, 1.54) is 24.8 Å². The normalized spacial score (nSPS) is 19.5. The lowest BCUT2D eigenvalue weighted by Gasteiger charge is -2.30. The highest BCUT2D eigenvalue weighted by molar-refractivity contribution is 6.18. The van der Waals surface area contributed by atoms with Gasteiger partial charge < -0.3 is 5.32 Å². The van der Waals surface area contributed by atoms with Gasteiger partial charge in [-0.25, -0.2) is 0 Å². The maximum absolute atomic E-state index is 5.78. The van der Waals surface area contributed by atoms with Gasteiger partial charge in [-0.2, -0.15) is 0 Å². The summed E-state index contributed by atoms with van der Waals surface area (Å²) in [5.41, 5.74) is 3.09. The summed E-state index contributed by atoms with van der Waals surface area (Å²) in [7, 11) is 0. The lowest BCUT2D eigenvalue weighted by Crippen LogP contribution is -2.29. The number of nitrogens with one attached hydrogen (secondary N) is 1. The number of benzene rings is 1. The van der Waals surface area contributed by atoms with Gasteiger partial charge in [-0.05, 0) is 42.9 Å². The first-order chi connectivity index (χ1) is 8.31. The minimum Gasteiger partial charge on any atom is -0.316 e. The zero-order valence-electron chi connectivity index (χ0n) is 10.6. The first-order valence-electron chi connectivity index (χ1n) is 6.65. The lowest BCUT2D eigenvalue weighted by atomic mass is 9.77. The Morgan fingerprint density at radius 2 is 2.24 bits per heavy atom. The van der Waals surface area contributed by atoms with Gasteiger partial charge in [0.05, 0.1) is 0 Å². The summed E-state index contributed by atoms with van der Waals surface area (Å²) in [4.78, 5) is 0. The topological polar surface area (TPSA) is 12.0 Å². The third-order valence-electron chi connectivity index (χ3n) is 3.67. The number of alkyl halides is 1. The molecule has 0 fully saturated rings. The van der Waals surface area contributed by atoms with Crippen LogP contribution >= 0.6 is 11.6 Å². The molecule has 1 aromatic carbocycles. The fourth-order valence-corrected chi connectivity index (χ4v) is 2.63. The Morgan fingerprint density at radius 3 is 3.00 bits per heavy atom. The molecule has 0 bridgehead atoms. The first-order valence-corrected chi connectivity index (χ1v) is 7.19. The monoisotopic (exact) mass is 251 g/mol. The average molecular weight is 252 g/mol. The molecular weight excluding hydrogens is 230 g/mol. The molecule has 1 N–H and O–H groups in total. The van der Waals surface area contributed by atoms with Crippen LogP contribution in [0.15, 0.2) is 24.3 Å². The summed E-state index contributed by atoms with van der Waals surface area (Å²) in [5, 5.41) is 3.56. The fourth-order valence-electron chi connectivity index (χ4n) is 2.47. The van der Waals surface area contributed by atoms with E-state index < -0.39 is 0 Å². The van der Waals surface area contributed by atoms with Gasteiger partial charge in [0, 0.05) is 18.3 Å². The molecule has 0 saturated carbocycles. The van der Waals surface area contributed by atoms with Crippen LogP contribution in [0, 0.1) is 5.92 Å². The largest absolute Gasteiger partial charge is 0.316 e. The molecule has 0 saturated heterocycles. The molecule has 2 rings (SSSR count). The molecular formula is C15H22ClN. The van der Waals surface area contributed by atoms with Crippen LogP contribution in [0.5, 0.6) is 0 Å². The second-order valence-corrected chi connectivity index (χ2v) is 5.51. The smallest absolute Gasteiger partial charge is 0.0249 e. The van der Waals surface area contributed by atoms with Crippen LogP contribution in [0.2, 0.25) is 0 Å². The summed E-state index contributed by atoms with van der Waals surface area (Å²) in [6, 6.07) is 8.79. The molecule has 17 heavy (non-hydrogen) atoms. The Labute approximate surface area is 110 Å². The van der Waals surface area contributed by atoms with E-state index in [9.17, 15) is 0 Å². The van der Waals surface area contributed by atoms with Crippen LogP contribution in [0.3, 0.4) is 0 Å². The molecule has 0 aliphatic heterocycles. The molecule has 0 aromatic heterocycles. The molecule has 0 spiro atoms. The SMILES string of the molecule is CC(CCl)CCCNCC1Cc2ccccc21. The number of halogens is 1. The zero-order valence-corrected chi connectivity index (χ0v) is 11.3. The molecule has 0 radical (unpaired) electrons. The molecule has 0 amide bonds. The van der Waals surface area contributed by atoms with Gasteiger partial charge >= 0.3 is 0 Å². The van der Waals surface area contributed by atoms with Crippen molar-refractivity contribution in [1.82, 2.24) is 5.32 Å². The van der Waals surface area contributed by atoms with Crippen LogP contribution in [-0.2, 0) is 6.42 Å². The van der Waals surface area contributed by atoms with Gasteiger partial charge in [0.25, 0.3) is 0 Å². The van der Waals surface area contributed by atoms with Crippen molar-refractivity contribution in [2.45, 2.75) is 32.1 Å². The first kappa shape index (κ1) is 12.9. The highest BCUT2D eigenvalue weighted by Gasteiger charge is 2.24. The van der Waals surface area contributed by atoms with Crippen molar-refractivity contribution in [3.63, 3.8) is 0 Å². The lowest BCUT2D eigenvalue weighted by molar-refractivity contribution is 0.495. The van der Waals surface area contributed by atoms with Crippen molar-refractivity contribution in [2.75, 3.05) is 19.0 Å². The van der Waals surface area contributed by atoms with Crippen molar-refractivity contribution in [2.24, 2.45) is 5.92 Å². The van der Waals surface area contributed by atoms with Gasteiger partial charge in [-0.3, -0.25) is 0 Å². The van der Waals surface area contributed by atoms with E-state index in [-0.39, 0.29) is 0 Å². The highest BCUT2D eigenvalue weighted by atomic mass is 35.5. The molecule has 94 valence electrons. The molecule has 2 atom stereocenters. The van der Waals surface area contributed by atoms with E-state index in [0.29, 0.717) is 5.92 Å². The molecule has 1 nitrogen and oxygen atoms in total. The van der Waals surface area contributed by atoms with Crippen LogP contribution < -0.4 is 5.32 Å². The molecule has 1 aliphatic rings. The van der Waals surface area contributed by atoms with Gasteiger partial charge in [0.15, 0.2) is 0 Å². The summed E-state index contributed by atoms with van der Waals surface area (Å²) in [6.07, 6.45) is 3.72. The maximum atomic E-state index is 5.78. The van der Waals surface area contributed by atoms with E-state index in [1.54, 1.807) is 5.56 Å². The third-order valence-corrected chi connectivity index (χ3v) is 4.19. The molecule has 2 heteroatoms. The Balaban J connectivity index is 1.59. The Hall–Kier alpha value is -0.530. The minimum absolute atomic E-state index is 0.655. The van der Waals surface area contributed by atoms with Crippen molar-refractivity contribution in [3.05, 3.63) is 35.4 Å². The highest BCUT2D eigenvalue weighted by Crippen LogP contribution is 2.33. The molecule has 1 aromatic rings. The molecule has 1 aliphatic carbocycles. The Bertz CT molecular complexity index is 351. The van der Waals surface area contributed by atoms with Crippen molar-refractivity contribution >= 4 is 11.6 Å². The number of fused-ring (bicyclic) bond motifs is 1. The second kappa shape index (κ2) is 6.42. The average Bonchev–Trinajstić information content (AvgIpc) is 2.33. The third kappa shape index (κ3) is 3.46. The number of hydrogen-bond donors (Lipinski definition) is 1. The van der Waals surface area contributed by atoms with Gasteiger partial charge in [0.1, 0.15) is 0 Å². The van der Waals surface area contributed by atoms with Gasteiger partial charge in [-0.1, -0.05) is 31.2 Å². The summed E-state index contributed by atoms with van der Waals surface area (Å²) in [5.74, 6) is 2.19. The molecule has 2 unspecified atom stereocenters. The Kier molecular flexibility index (Phi) is 4.87. The van der Waals surface area contributed by atoms with E-state index >= 15 is 0 Å². The van der Waals surface area contributed by atoms with Crippen LogP contribution in [-0.4, -0.2) is 19.0 Å². The predicted molar refractivity (Wildman–Crippen MR) is 74.9 cm³/mol. The van der Waals surface area contributed by atoms with E-state index in [4.69, 9.17) is 11.6 Å². The fraction of sp³-hybridized carbons (Fsp3) is 0.600. The second-order valence-electron chi connectivity index (χ2n) is 5.21. The standard InChI is InChI=1S/C15H22ClN/c1-12(10-16)5-4-8-17-11-14-9-13-6-2-3-7-15(13)14/h2-3,6-7,12,14,17H,4-5,8-11H2,1H3. The number of rotatable bonds is 7. The predicted octanol–water partition coefficient (Wildman–Crippen LogP) is 3.57. The van der Waals surface area contributed by atoms with Crippen LogP contribution in [0.25, 0.3) is 0 Å². The van der Waals surface area contributed by atoms with Crippen LogP contribution in [0.1, 0.15) is 36.8 Å². The van der Waals surface area contributed by atoms with Gasteiger partial charge in [0.2, 0.25) is 0 Å². The summed E-state index contributed by atoms with van der Waals surface area (Å²) < 4.78 is 0. The van der Waals surface area contributed by atoms with E-state index in [0.717, 1.165) is 24.9 Å². The number of hydrogen-bond acceptors (Lipinski definition) is 1. The molecule has 0 heterocycles. The summed E-state index contributed by atoms with van der Waals surface area (Å²) in [6.45, 7) is 4.47. The minimum atomic E-state index is 0.655. The van der Waals surface area contributed by atoms with Crippen molar-refractivity contribution in [3.8, 4) is 0 Å². The van der Waals surface area contributed by atoms with Gasteiger partial charge in [-0.15, -0.1) is 11.6 Å². The summed E-state index contributed by atoms with van der Waals surface area (Å²) >= 11 is 5.78. The van der Waals surface area contributed by atoms with Crippen molar-refractivity contribution in [1.29, 1.82) is 0 Å². The Morgan fingerprint density at radius 1 is 1.41 bits per heavy atom. The maximum Gasteiger partial charge on any atom is 0.0249 e. The quantitative estimate of drug-likeness (QED) is 0.577. The van der Waals surface area contributed by atoms with Crippen LogP contribution in [0.4, 0.5) is 0 Å². The zero-order chi connectivity index (χ0) is 12.1. The van der Waals surface area contributed by atoms with E-state index in [1.807, 2.05) is 0 Å².